The van der Waals surface area contributed by atoms with Crippen LogP contribution in [-0.4, -0.2) is 41.6 Å². The van der Waals surface area contributed by atoms with Crippen molar-refractivity contribution in [2.45, 2.75) is 38.8 Å². The molecule has 0 bridgehead atoms. The Kier molecular flexibility index (Phi) is 5.73. The second kappa shape index (κ2) is 8.19. The fraction of sp³-hybridized carbons (Fsp3) is 0.400. The number of allylic oxidation sites excluding steroid dienone is 2. The predicted octanol–water partition coefficient (Wildman–Crippen LogP) is 2.98. The minimum atomic E-state index is -0.124. The van der Waals surface area contributed by atoms with Crippen LogP contribution in [0.3, 0.4) is 0 Å². The monoisotopic (exact) mass is 353 g/mol. The summed E-state index contributed by atoms with van der Waals surface area (Å²) in [7, 11) is 1.64. The van der Waals surface area contributed by atoms with Crippen LogP contribution in [0.5, 0.6) is 0 Å². The van der Waals surface area contributed by atoms with Gasteiger partial charge in [0.15, 0.2) is 0 Å². The molecule has 0 atom stereocenters. The molecule has 2 aromatic rings. The first-order valence-electron chi connectivity index (χ1n) is 9.12. The Balaban J connectivity index is 1.64. The van der Waals surface area contributed by atoms with E-state index < -0.39 is 0 Å². The first kappa shape index (κ1) is 18.2. The summed E-state index contributed by atoms with van der Waals surface area (Å²) in [6.07, 6.45) is 11.9. The molecule has 0 unspecified atom stereocenters. The zero-order chi connectivity index (χ0) is 18.5. The summed E-state index contributed by atoms with van der Waals surface area (Å²) < 4.78 is 0. The number of aromatic nitrogens is 2. The Labute approximate surface area is 154 Å². The van der Waals surface area contributed by atoms with Crippen LogP contribution in [0.2, 0.25) is 0 Å². The van der Waals surface area contributed by atoms with Crippen molar-refractivity contribution in [1.82, 2.24) is 20.6 Å². The van der Waals surface area contributed by atoms with Crippen LogP contribution < -0.4 is 16.0 Å². The highest BCUT2D eigenvalue weighted by Gasteiger charge is 2.30. The van der Waals surface area contributed by atoms with Crippen molar-refractivity contribution in [1.29, 1.82) is 0 Å². The molecule has 0 spiro atoms. The summed E-state index contributed by atoms with van der Waals surface area (Å²) in [6.45, 7) is 4.99. The van der Waals surface area contributed by atoms with Gasteiger partial charge in [-0.1, -0.05) is 18.2 Å². The minimum absolute atomic E-state index is 0.124. The van der Waals surface area contributed by atoms with E-state index >= 15 is 0 Å². The van der Waals surface area contributed by atoms with E-state index in [0.29, 0.717) is 17.6 Å². The van der Waals surface area contributed by atoms with Gasteiger partial charge < -0.3 is 20.9 Å². The van der Waals surface area contributed by atoms with E-state index in [1.807, 2.05) is 19.2 Å². The molecule has 138 valence electrons. The summed E-state index contributed by atoms with van der Waals surface area (Å²) in [5.41, 5.74) is 3.54. The standard InChI is InChI=1S/C20H27N5O/c1-4-6-13(5-2)11-23-14-9-15(10-14)25-18-16-7-8-22-19(16)24-12-17(18)20(26)21-3/h4-8,12,14-15,23H,9-11H2,1-3H3,(H,21,26)(H2,22,24,25)/b6-4-,13-5+. The van der Waals surface area contributed by atoms with E-state index in [-0.39, 0.29) is 5.91 Å². The SMILES string of the molecule is C/C=C\C(=C/C)CNC1CC(Nc2c(C(=O)NC)cnc3[nH]ccc23)C1. The number of pyridine rings is 1. The first-order valence-corrected chi connectivity index (χ1v) is 9.12. The summed E-state index contributed by atoms with van der Waals surface area (Å²) in [6, 6.07) is 2.81. The minimum Gasteiger partial charge on any atom is -0.381 e. The van der Waals surface area contributed by atoms with E-state index in [0.717, 1.165) is 36.1 Å². The number of hydrogen-bond donors (Lipinski definition) is 4. The lowest BCUT2D eigenvalue weighted by atomic mass is 9.86. The molecule has 1 aliphatic carbocycles. The number of anilines is 1. The molecule has 2 aromatic heterocycles. The number of aromatic amines is 1. The Morgan fingerprint density at radius 3 is 2.85 bits per heavy atom. The molecule has 0 radical (unpaired) electrons. The maximum Gasteiger partial charge on any atom is 0.254 e. The van der Waals surface area contributed by atoms with Gasteiger partial charge in [0, 0.05) is 43.5 Å². The Bertz CT molecular complexity index is 830. The number of rotatable bonds is 7. The van der Waals surface area contributed by atoms with Crippen molar-refractivity contribution < 1.29 is 4.79 Å². The van der Waals surface area contributed by atoms with Gasteiger partial charge in [-0.3, -0.25) is 4.79 Å². The van der Waals surface area contributed by atoms with Gasteiger partial charge >= 0.3 is 0 Å². The number of fused-ring (bicyclic) bond motifs is 1. The first-order chi connectivity index (χ1) is 12.7. The average Bonchev–Trinajstić information content (AvgIpc) is 3.10. The quantitative estimate of drug-likeness (QED) is 0.577. The van der Waals surface area contributed by atoms with E-state index in [9.17, 15) is 4.79 Å². The topological polar surface area (TPSA) is 81.8 Å². The Morgan fingerprint density at radius 1 is 1.35 bits per heavy atom. The van der Waals surface area contributed by atoms with Gasteiger partial charge in [0.05, 0.1) is 11.3 Å². The fourth-order valence-corrected chi connectivity index (χ4v) is 3.31. The van der Waals surface area contributed by atoms with Gasteiger partial charge in [-0.05, 0) is 38.3 Å². The number of nitrogens with one attached hydrogen (secondary N) is 4. The number of H-pyrrole nitrogens is 1. The summed E-state index contributed by atoms with van der Waals surface area (Å²) in [5, 5.41) is 10.8. The van der Waals surface area contributed by atoms with Gasteiger partial charge in [0.25, 0.3) is 5.91 Å². The lowest BCUT2D eigenvalue weighted by molar-refractivity contribution is 0.0963. The van der Waals surface area contributed by atoms with Crippen molar-refractivity contribution in [3.63, 3.8) is 0 Å². The van der Waals surface area contributed by atoms with Gasteiger partial charge in [-0.2, -0.15) is 0 Å². The maximum atomic E-state index is 12.2. The van der Waals surface area contributed by atoms with Crippen LogP contribution in [0.4, 0.5) is 5.69 Å². The summed E-state index contributed by atoms with van der Waals surface area (Å²) in [4.78, 5) is 19.6. The molecule has 6 nitrogen and oxygen atoms in total. The van der Waals surface area contributed by atoms with Crippen molar-refractivity contribution in [3.8, 4) is 0 Å². The molecular formula is C20H27N5O. The van der Waals surface area contributed by atoms with Crippen molar-refractivity contribution >= 4 is 22.6 Å². The highest BCUT2D eigenvalue weighted by atomic mass is 16.1. The van der Waals surface area contributed by atoms with E-state index in [4.69, 9.17) is 0 Å². The second-order valence-electron chi connectivity index (χ2n) is 6.62. The third-order valence-electron chi connectivity index (χ3n) is 4.89. The molecule has 0 saturated heterocycles. The number of carbonyl (C=O) groups is 1. The van der Waals surface area contributed by atoms with Crippen LogP contribution in [-0.2, 0) is 0 Å². The Morgan fingerprint density at radius 2 is 2.15 bits per heavy atom. The molecule has 4 N–H and O–H groups in total. The molecule has 1 amide bonds. The molecule has 1 aliphatic rings. The fourth-order valence-electron chi connectivity index (χ4n) is 3.31. The number of nitrogens with zero attached hydrogens (tertiary/aromatic N) is 1. The van der Waals surface area contributed by atoms with Crippen LogP contribution in [0.1, 0.15) is 37.0 Å². The second-order valence-corrected chi connectivity index (χ2v) is 6.62. The summed E-state index contributed by atoms with van der Waals surface area (Å²) >= 11 is 0. The van der Waals surface area contributed by atoms with E-state index in [2.05, 4.69) is 51.1 Å². The molecule has 1 fully saturated rings. The lowest BCUT2D eigenvalue weighted by Crippen LogP contribution is -2.48. The van der Waals surface area contributed by atoms with Gasteiger partial charge in [-0.15, -0.1) is 0 Å². The van der Waals surface area contributed by atoms with E-state index in [1.54, 1.807) is 13.2 Å². The third kappa shape index (κ3) is 3.80. The molecular weight excluding hydrogens is 326 g/mol. The molecule has 0 aromatic carbocycles. The van der Waals surface area contributed by atoms with Crippen LogP contribution in [0.25, 0.3) is 11.0 Å². The number of amides is 1. The highest BCUT2D eigenvalue weighted by Crippen LogP contribution is 2.31. The van der Waals surface area contributed by atoms with Crippen molar-refractivity contribution in [2.75, 3.05) is 18.9 Å². The number of carbonyl (C=O) groups excluding carboxylic acids is 1. The molecule has 3 rings (SSSR count). The zero-order valence-corrected chi connectivity index (χ0v) is 15.6. The largest absolute Gasteiger partial charge is 0.381 e. The predicted molar refractivity (Wildman–Crippen MR) is 106 cm³/mol. The molecule has 26 heavy (non-hydrogen) atoms. The third-order valence-corrected chi connectivity index (χ3v) is 4.89. The molecule has 1 saturated carbocycles. The van der Waals surface area contributed by atoms with Crippen LogP contribution in [0.15, 0.2) is 42.3 Å². The normalized spacial score (nSPS) is 20.3. The number of hydrogen-bond acceptors (Lipinski definition) is 4. The summed E-state index contributed by atoms with van der Waals surface area (Å²) in [5.74, 6) is -0.124. The lowest BCUT2D eigenvalue weighted by Gasteiger charge is -2.37. The van der Waals surface area contributed by atoms with Crippen molar-refractivity contribution in [2.24, 2.45) is 0 Å². The van der Waals surface area contributed by atoms with Gasteiger partial charge in [-0.25, -0.2) is 4.98 Å². The Hall–Kier alpha value is -2.60. The van der Waals surface area contributed by atoms with E-state index in [1.165, 1.54) is 5.57 Å². The van der Waals surface area contributed by atoms with Crippen LogP contribution >= 0.6 is 0 Å². The molecule has 6 heteroatoms. The highest BCUT2D eigenvalue weighted by molar-refractivity contribution is 6.06. The zero-order valence-electron chi connectivity index (χ0n) is 15.6. The van der Waals surface area contributed by atoms with Gasteiger partial charge in [0.2, 0.25) is 0 Å². The average molecular weight is 353 g/mol. The molecule has 2 heterocycles. The van der Waals surface area contributed by atoms with Crippen molar-refractivity contribution in [3.05, 3.63) is 47.8 Å². The molecule has 0 aliphatic heterocycles. The maximum absolute atomic E-state index is 12.2. The smallest absolute Gasteiger partial charge is 0.254 e. The van der Waals surface area contributed by atoms with Crippen LogP contribution in [0, 0.1) is 0 Å². The van der Waals surface area contributed by atoms with Gasteiger partial charge in [0.1, 0.15) is 5.65 Å².